The van der Waals surface area contributed by atoms with Gasteiger partial charge in [-0.15, -0.1) is 0 Å². The van der Waals surface area contributed by atoms with Crippen LogP contribution < -0.4 is 11.1 Å². The lowest BCUT2D eigenvalue weighted by Gasteiger charge is -2.40. The first-order valence-electron chi connectivity index (χ1n) is 6.90. The molecule has 1 amide bonds. The molecule has 1 heterocycles. The van der Waals surface area contributed by atoms with E-state index in [1.807, 2.05) is 6.92 Å². The highest BCUT2D eigenvalue weighted by Crippen LogP contribution is 2.15. The van der Waals surface area contributed by atoms with E-state index in [-0.39, 0.29) is 5.91 Å². The molecule has 1 saturated heterocycles. The summed E-state index contributed by atoms with van der Waals surface area (Å²) >= 11 is 0. The summed E-state index contributed by atoms with van der Waals surface area (Å²) in [4.78, 5) is 14.0. The molecule has 1 rings (SSSR count). The van der Waals surface area contributed by atoms with E-state index in [4.69, 9.17) is 10.5 Å². The van der Waals surface area contributed by atoms with Crippen molar-refractivity contribution in [3.8, 4) is 0 Å². The summed E-state index contributed by atoms with van der Waals surface area (Å²) < 4.78 is 5.48. The zero-order chi connectivity index (χ0) is 13.6. The van der Waals surface area contributed by atoms with Crippen LogP contribution in [0, 0.1) is 0 Å². The van der Waals surface area contributed by atoms with Crippen molar-refractivity contribution in [2.45, 2.75) is 45.2 Å². The van der Waals surface area contributed by atoms with Crippen molar-refractivity contribution in [3.05, 3.63) is 0 Å². The minimum atomic E-state index is -0.652. The Morgan fingerprint density at radius 3 is 2.83 bits per heavy atom. The van der Waals surface area contributed by atoms with Crippen molar-refractivity contribution in [3.63, 3.8) is 0 Å². The summed E-state index contributed by atoms with van der Waals surface area (Å²) in [6, 6.07) is 0.390. The lowest BCUT2D eigenvalue weighted by molar-refractivity contribution is -0.125. The molecular formula is C13H27N3O2. The normalized spacial score (nSPS) is 24.7. The van der Waals surface area contributed by atoms with Gasteiger partial charge in [0.2, 0.25) is 5.91 Å². The van der Waals surface area contributed by atoms with Gasteiger partial charge in [-0.25, -0.2) is 0 Å². The molecule has 0 saturated carbocycles. The second-order valence-corrected chi connectivity index (χ2v) is 5.23. The first-order chi connectivity index (χ1) is 8.53. The van der Waals surface area contributed by atoms with Gasteiger partial charge in [-0.05, 0) is 26.3 Å². The molecule has 0 aromatic heterocycles. The fourth-order valence-electron chi connectivity index (χ4n) is 2.30. The molecule has 0 bridgehead atoms. The van der Waals surface area contributed by atoms with Crippen molar-refractivity contribution >= 4 is 5.91 Å². The Morgan fingerprint density at radius 1 is 1.56 bits per heavy atom. The van der Waals surface area contributed by atoms with Crippen molar-refractivity contribution in [2.24, 2.45) is 5.73 Å². The fraction of sp³-hybridized carbons (Fsp3) is 0.923. The second kappa shape index (κ2) is 7.07. The largest absolute Gasteiger partial charge is 0.378 e. The van der Waals surface area contributed by atoms with Crippen molar-refractivity contribution in [2.75, 3.05) is 32.8 Å². The van der Waals surface area contributed by atoms with Gasteiger partial charge >= 0.3 is 0 Å². The van der Waals surface area contributed by atoms with Gasteiger partial charge in [0.1, 0.15) is 5.54 Å². The Balaban J connectivity index is 2.66. The van der Waals surface area contributed by atoms with E-state index in [9.17, 15) is 4.79 Å². The molecule has 18 heavy (non-hydrogen) atoms. The minimum Gasteiger partial charge on any atom is -0.378 e. The molecule has 0 radical (unpaired) electrons. The number of primary amides is 1. The summed E-state index contributed by atoms with van der Waals surface area (Å²) in [5.74, 6) is -0.280. The monoisotopic (exact) mass is 257 g/mol. The van der Waals surface area contributed by atoms with Crippen LogP contribution in [-0.2, 0) is 9.53 Å². The van der Waals surface area contributed by atoms with Crippen molar-refractivity contribution in [1.82, 2.24) is 10.2 Å². The fourth-order valence-corrected chi connectivity index (χ4v) is 2.30. The molecule has 106 valence electrons. The maximum atomic E-state index is 11.7. The maximum Gasteiger partial charge on any atom is 0.238 e. The SMILES string of the molecule is CCCNC(C)(CN1CCOCC1CC)C(N)=O. The van der Waals surface area contributed by atoms with E-state index in [0.717, 1.165) is 39.1 Å². The first kappa shape index (κ1) is 15.4. The summed E-state index contributed by atoms with van der Waals surface area (Å²) in [7, 11) is 0. The van der Waals surface area contributed by atoms with Crippen molar-refractivity contribution in [1.29, 1.82) is 0 Å². The van der Waals surface area contributed by atoms with Gasteiger partial charge in [0.15, 0.2) is 0 Å². The number of nitrogens with one attached hydrogen (secondary N) is 1. The Morgan fingerprint density at radius 2 is 2.28 bits per heavy atom. The van der Waals surface area contributed by atoms with Gasteiger partial charge in [0.05, 0.1) is 13.2 Å². The predicted molar refractivity (Wildman–Crippen MR) is 72.4 cm³/mol. The van der Waals surface area contributed by atoms with E-state index >= 15 is 0 Å². The molecule has 0 aliphatic carbocycles. The molecule has 0 aromatic carbocycles. The highest BCUT2D eigenvalue weighted by molar-refractivity contribution is 5.84. The van der Waals surface area contributed by atoms with E-state index in [2.05, 4.69) is 24.1 Å². The molecule has 5 nitrogen and oxygen atoms in total. The summed E-state index contributed by atoms with van der Waals surface area (Å²) in [5, 5.41) is 3.28. The van der Waals surface area contributed by atoms with Crippen LogP contribution in [0.15, 0.2) is 0 Å². The molecule has 1 fully saturated rings. The maximum absolute atomic E-state index is 11.7. The number of ether oxygens (including phenoxy) is 1. The van der Waals surface area contributed by atoms with Crippen LogP contribution >= 0.6 is 0 Å². The molecule has 2 unspecified atom stereocenters. The van der Waals surface area contributed by atoms with E-state index in [0.29, 0.717) is 12.6 Å². The van der Waals surface area contributed by atoms with Crippen LogP contribution in [0.5, 0.6) is 0 Å². The predicted octanol–water partition coefficient (Wildman–Crippen LogP) is 0.341. The van der Waals surface area contributed by atoms with Crippen LogP contribution in [0.4, 0.5) is 0 Å². The van der Waals surface area contributed by atoms with Gasteiger partial charge in [-0.3, -0.25) is 9.69 Å². The number of hydrogen-bond donors (Lipinski definition) is 2. The quantitative estimate of drug-likeness (QED) is 0.690. The van der Waals surface area contributed by atoms with Gasteiger partial charge in [0, 0.05) is 19.1 Å². The highest BCUT2D eigenvalue weighted by atomic mass is 16.5. The second-order valence-electron chi connectivity index (χ2n) is 5.23. The average Bonchev–Trinajstić information content (AvgIpc) is 2.37. The molecular weight excluding hydrogens is 230 g/mol. The molecule has 0 aromatic rings. The van der Waals surface area contributed by atoms with E-state index in [1.54, 1.807) is 0 Å². The molecule has 0 spiro atoms. The van der Waals surface area contributed by atoms with Crippen molar-refractivity contribution < 1.29 is 9.53 Å². The number of hydrogen-bond acceptors (Lipinski definition) is 4. The molecule has 1 aliphatic rings. The van der Waals surface area contributed by atoms with Gasteiger partial charge in [-0.2, -0.15) is 0 Å². The average molecular weight is 257 g/mol. The third kappa shape index (κ3) is 3.93. The lowest BCUT2D eigenvalue weighted by atomic mass is 9.98. The third-order valence-electron chi connectivity index (χ3n) is 3.65. The standard InChI is InChI=1S/C13H27N3O2/c1-4-6-15-13(3,12(14)17)10-16-7-8-18-9-11(16)5-2/h11,15H,4-10H2,1-3H3,(H2,14,17). The van der Waals surface area contributed by atoms with E-state index < -0.39 is 5.54 Å². The topological polar surface area (TPSA) is 67.6 Å². The van der Waals surface area contributed by atoms with E-state index in [1.165, 1.54) is 0 Å². The van der Waals surface area contributed by atoms with Crippen LogP contribution in [0.25, 0.3) is 0 Å². The van der Waals surface area contributed by atoms with Crippen LogP contribution in [0.2, 0.25) is 0 Å². The Labute approximate surface area is 110 Å². The number of nitrogens with two attached hydrogens (primary N) is 1. The van der Waals surface area contributed by atoms with Gasteiger partial charge in [0.25, 0.3) is 0 Å². The zero-order valence-corrected chi connectivity index (χ0v) is 11.9. The Kier molecular flexibility index (Phi) is 6.05. The molecule has 2 atom stereocenters. The van der Waals surface area contributed by atoms with Crippen LogP contribution in [0.3, 0.4) is 0 Å². The van der Waals surface area contributed by atoms with Crippen LogP contribution in [0.1, 0.15) is 33.6 Å². The Bertz CT molecular complexity index is 273. The van der Waals surface area contributed by atoms with Crippen LogP contribution in [-0.4, -0.2) is 55.2 Å². The first-order valence-corrected chi connectivity index (χ1v) is 6.90. The minimum absolute atomic E-state index is 0.280. The number of morpholine rings is 1. The zero-order valence-electron chi connectivity index (χ0n) is 11.9. The summed E-state index contributed by atoms with van der Waals surface area (Å²) in [6.07, 6.45) is 2.02. The molecule has 5 heteroatoms. The smallest absolute Gasteiger partial charge is 0.238 e. The number of nitrogens with zero attached hydrogens (tertiary/aromatic N) is 1. The number of carbonyl (C=O) groups excluding carboxylic acids is 1. The van der Waals surface area contributed by atoms with Gasteiger partial charge < -0.3 is 15.8 Å². The lowest BCUT2D eigenvalue weighted by Crippen LogP contribution is -2.62. The number of rotatable bonds is 7. The summed E-state index contributed by atoms with van der Waals surface area (Å²) in [6.45, 7) is 9.94. The van der Waals surface area contributed by atoms with Gasteiger partial charge in [-0.1, -0.05) is 13.8 Å². The highest BCUT2D eigenvalue weighted by Gasteiger charge is 2.35. The summed E-state index contributed by atoms with van der Waals surface area (Å²) in [5.41, 5.74) is 4.90. The number of amides is 1. The number of carbonyl (C=O) groups is 1. The molecule has 1 aliphatic heterocycles. The third-order valence-corrected chi connectivity index (χ3v) is 3.65. The molecule has 3 N–H and O–H groups in total. The Hall–Kier alpha value is -0.650.